The first-order valence-corrected chi connectivity index (χ1v) is 8.23. The fraction of sp³-hybridized carbons (Fsp3) is 0.706. The predicted molar refractivity (Wildman–Crippen MR) is 87.3 cm³/mol. The van der Waals surface area contributed by atoms with E-state index in [1.165, 1.54) is 0 Å². The number of rotatable bonds is 5. The van der Waals surface area contributed by atoms with Crippen LogP contribution in [0.2, 0.25) is 0 Å². The topological polar surface area (TPSA) is 90.9 Å². The van der Waals surface area contributed by atoms with Gasteiger partial charge in [0.15, 0.2) is 0 Å². The quantitative estimate of drug-likeness (QED) is 0.272. The van der Waals surface area contributed by atoms with Crippen molar-refractivity contribution in [2.45, 2.75) is 65.5 Å². The monoisotopic (exact) mass is 341 g/mol. The molecule has 1 aliphatic carbocycles. The Labute approximate surface area is 142 Å². The Kier molecular flexibility index (Phi) is 7.25. The normalized spacial score (nSPS) is 17.2. The molecule has 1 unspecified atom stereocenters. The van der Waals surface area contributed by atoms with E-state index >= 15 is 0 Å². The first-order valence-electron chi connectivity index (χ1n) is 8.23. The lowest BCUT2D eigenvalue weighted by Crippen LogP contribution is -2.37. The Morgan fingerprint density at radius 1 is 1.08 bits per heavy atom. The van der Waals surface area contributed by atoms with Gasteiger partial charge in [0, 0.05) is 6.04 Å². The minimum absolute atomic E-state index is 0.0489. The molecule has 0 aromatic heterocycles. The highest BCUT2D eigenvalue weighted by molar-refractivity contribution is 6.14. The number of nitrogens with one attached hydrogen (secondary N) is 1. The molecule has 1 atom stereocenters. The van der Waals surface area contributed by atoms with Crippen LogP contribution in [0.4, 0.5) is 4.79 Å². The molecule has 0 heterocycles. The Morgan fingerprint density at radius 2 is 1.62 bits per heavy atom. The van der Waals surface area contributed by atoms with Gasteiger partial charge in [0.05, 0.1) is 13.2 Å². The van der Waals surface area contributed by atoms with Crippen molar-refractivity contribution in [1.82, 2.24) is 5.32 Å². The molecular weight excluding hydrogens is 314 g/mol. The van der Waals surface area contributed by atoms with Crippen LogP contribution in [0.15, 0.2) is 11.1 Å². The average molecular weight is 341 g/mol. The van der Waals surface area contributed by atoms with Crippen LogP contribution in [-0.2, 0) is 23.8 Å². The minimum Gasteiger partial charge on any atom is -0.462 e. The standard InChI is InChI=1S/C17H27NO6/c1-6-22-14(19)13(15(20)23-7-2)11-8-9-12(10-11)18-16(21)24-17(3,4)5/h12H,6-10H2,1-5H3,(H,18,21). The number of carbonyl (C=O) groups is 3. The smallest absolute Gasteiger partial charge is 0.407 e. The van der Waals surface area contributed by atoms with Gasteiger partial charge in [-0.1, -0.05) is 0 Å². The van der Waals surface area contributed by atoms with Gasteiger partial charge in [-0.15, -0.1) is 0 Å². The van der Waals surface area contributed by atoms with Crippen molar-refractivity contribution in [3.05, 3.63) is 11.1 Å². The lowest BCUT2D eigenvalue weighted by molar-refractivity contribution is -0.146. The van der Waals surface area contributed by atoms with Crippen LogP contribution >= 0.6 is 0 Å². The highest BCUT2D eigenvalue weighted by Gasteiger charge is 2.32. The zero-order valence-electron chi connectivity index (χ0n) is 15.1. The molecular formula is C17H27NO6. The lowest BCUT2D eigenvalue weighted by atomic mass is 10.1. The summed E-state index contributed by atoms with van der Waals surface area (Å²) < 4.78 is 15.1. The van der Waals surface area contributed by atoms with Crippen molar-refractivity contribution in [3.8, 4) is 0 Å². The molecule has 0 aromatic carbocycles. The van der Waals surface area contributed by atoms with Gasteiger partial charge in [-0.05, 0) is 59.5 Å². The van der Waals surface area contributed by atoms with Crippen molar-refractivity contribution in [2.24, 2.45) is 0 Å². The van der Waals surface area contributed by atoms with Crippen LogP contribution < -0.4 is 5.32 Å². The third-order valence-electron chi connectivity index (χ3n) is 3.32. The Balaban J connectivity index is 2.82. The molecule has 1 N–H and O–H groups in total. The summed E-state index contributed by atoms with van der Waals surface area (Å²) in [7, 11) is 0. The summed E-state index contributed by atoms with van der Waals surface area (Å²) in [6, 6.07) is -0.186. The summed E-state index contributed by atoms with van der Waals surface area (Å²) in [6.07, 6.45) is 1.03. The molecule has 0 spiro atoms. The van der Waals surface area contributed by atoms with E-state index in [2.05, 4.69) is 5.32 Å². The SMILES string of the molecule is CCOC(=O)C(C(=O)OCC)=C1CCC(NC(=O)OC(C)(C)C)C1. The summed E-state index contributed by atoms with van der Waals surface area (Å²) in [5, 5.41) is 2.76. The number of esters is 2. The molecule has 24 heavy (non-hydrogen) atoms. The molecule has 7 heteroatoms. The fourth-order valence-corrected chi connectivity index (χ4v) is 2.45. The van der Waals surface area contributed by atoms with Crippen LogP contribution in [0, 0.1) is 0 Å². The summed E-state index contributed by atoms with van der Waals surface area (Å²) in [6.45, 7) is 9.05. The van der Waals surface area contributed by atoms with Gasteiger partial charge in [-0.3, -0.25) is 0 Å². The van der Waals surface area contributed by atoms with Crippen LogP contribution in [-0.4, -0.2) is 42.9 Å². The molecule has 0 aromatic rings. The number of hydrogen-bond acceptors (Lipinski definition) is 6. The maximum atomic E-state index is 12.1. The Hall–Kier alpha value is -2.05. The molecule has 0 aliphatic heterocycles. The summed E-state index contributed by atoms with van der Waals surface area (Å²) in [4.78, 5) is 36.0. The van der Waals surface area contributed by atoms with Gasteiger partial charge in [-0.25, -0.2) is 14.4 Å². The third kappa shape index (κ3) is 6.22. The van der Waals surface area contributed by atoms with E-state index in [9.17, 15) is 14.4 Å². The molecule has 0 radical (unpaired) electrons. The van der Waals surface area contributed by atoms with Gasteiger partial charge in [0.1, 0.15) is 11.2 Å². The van der Waals surface area contributed by atoms with E-state index in [1.54, 1.807) is 34.6 Å². The summed E-state index contributed by atoms with van der Waals surface area (Å²) in [5.41, 5.74) is 0.0164. The number of alkyl carbamates (subject to hydrolysis) is 1. The number of amides is 1. The van der Waals surface area contributed by atoms with Gasteiger partial charge < -0.3 is 19.5 Å². The number of carbonyl (C=O) groups excluding carboxylic acids is 3. The van der Waals surface area contributed by atoms with Crippen LogP contribution in [0.3, 0.4) is 0 Å². The van der Waals surface area contributed by atoms with Gasteiger partial charge in [0.25, 0.3) is 0 Å². The summed E-state index contributed by atoms with van der Waals surface area (Å²) >= 11 is 0. The average Bonchev–Trinajstić information content (AvgIpc) is 2.85. The van der Waals surface area contributed by atoms with E-state index in [4.69, 9.17) is 14.2 Å². The molecule has 0 saturated heterocycles. The number of hydrogen-bond donors (Lipinski definition) is 1. The van der Waals surface area contributed by atoms with E-state index in [0.29, 0.717) is 24.8 Å². The molecule has 136 valence electrons. The maximum absolute atomic E-state index is 12.1. The highest BCUT2D eigenvalue weighted by atomic mass is 16.6. The predicted octanol–water partition coefficient (Wildman–Crippen LogP) is 2.49. The lowest BCUT2D eigenvalue weighted by Gasteiger charge is -2.21. The second kappa shape index (κ2) is 8.70. The van der Waals surface area contributed by atoms with Crippen LogP contribution in [0.5, 0.6) is 0 Å². The summed E-state index contributed by atoms with van der Waals surface area (Å²) in [5.74, 6) is -1.35. The number of ether oxygens (including phenoxy) is 3. The van der Waals surface area contributed by atoms with E-state index in [-0.39, 0.29) is 24.8 Å². The molecule has 1 amide bonds. The van der Waals surface area contributed by atoms with E-state index in [1.807, 2.05) is 0 Å². The zero-order valence-corrected chi connectivity index (χ0v) is 15.1. The van der Waals surface area contributed by atoms with Crippen molar-refractivity contribution in [1.29, 1.82) is 0 Å². The zero-order chi connectivity index (χ0) is 18.3. The largest absolute Gasteiger partial charge is 0.462 e. The van der Waals surface area contributed by atoms with E-state index < -0.39 is 23.6 Å². The van der Waals surface area contributed by atoms with Crippen molar-refractivity contribution >= 4 is 18.0 Å². The third-order valence-corrected chi connectivity index (χ3v) is 3.32. The van der Waals surface area contributed by atoms with Crippen molar-refractivity contribution < 1.29 is 28.6 Å². The van der Waals surface area contributed by atoms with Crippen LogP contribution in [0.1, 0.15) is 53.9 Å². The van der Waals surface area contributed by atoms with Gasteiger partial charge >= 0.3 is 18.0 Å². The highest BCUT2D eigenvalue weighted by Crippen LogP contribution is 2.29. The molecule has 0 bridgehead atoms. The second-order valence-electron chi connectivity index (χ2n) is 6.51. The van der Waals surface area contributed by atoms with Crippen molar-refractivity contribution in [3.63, 3.8) is 0 Å². The molecule has 7 nitrogen and oxygen atoms in total. The Bertz CT molecular complexity index is 498. The molecule has 1 aliphatic rings. The van der Waals surface area contributed by atoms with Crippen molar-refractivity contribution in [2.75, 3.05) is 13.2 Å². The van der Waals surface area contributed by atoms with Crippen LogP contribution in [0.25, 0.3) is 0 Å². The van der Waals surface area contributed by atoms with Gasteiger partial charge in [-0.2, -0.15) is 0 Å². The van der Waals surface area contributed by atoms with E-state index in [0.717, 1.165) is 0 Å². The first-order chi connectivity index (χ1) is 11.2. The molecule has 1 fully saturated rings. The Morgan fingerprint density at radius 3 is 2.08 bits per heavy atom. The second-order valence-corrected chi connectivity index (χ2v) is 6.51. The minimum atomic E-state index is -0.677. The first kappa shape index (κ1) is 20.0. The molecule has 1 saturated carbocycles. The van der Waals surface area contributed by atoms with Gasteiger partial charge in [0.2, 0.25) is 0 Å². The maximum Gasteiger partial charge on any atom is 0.407 e. The fourth-order valence-electron chi connectivity index (χ4n) is 2.45. The molecule has 1 rings (SSSR count).